The summed E-state index contributed by atoms with van der Waals surface area (Å²) in [6.45, 7) is 2.90. The molecule has 3 heterocycles. The second-order valence-corrected chi connectivity index (χ2v) is 5.58. The molecule has 0 bridgehead atoms. The molecule has 0 aliphatic carbocycles. The largest absolute Gasteiger partial charge is 0.496 e. The number of carbonyl (C=O) groups excluding carboxylic acids is 2. The molecule has 0 spiro atoms. The molecule has 0 unspecified atom stereocenters. The van der Waals surface area contributed by atoms with Crippen molar-refractivity contribution in [2.75, 3.05) is 13.7 Å². The van der Waals surface area contributed by atoms with Gasteiger partial charge in [0.2, 0.25) is 0 Å². The van der Waals surface area contributed by atoms with E-state index in [1.807, 2.05) is 6.07 Å². The molecule has 22 heavy (non-hydrogen) atoms. The number of aldehydes is 1. The first-order valence-electron chi connectivity index (χ1n) is 7.32. The summed E-state index contributed by atoms with van der Waals surface area (Å²) in [4.78, 5) is 23.6. The lowest BCUT2D eigenvalue weighted by molar-refractivity contribution is 0.0527. The van der Waals surface area contributed by atoms with Gasteiger partial charge in [0.25, 0.3) is 0 Å². The van der Waals surface area contributed by atoms with Crippen molar-refractivity contribution in [2.24, 2.45) is 0 Å². The van der Waals surface area contributed by atoms with Crippen LogP contribution in [0.2, 0.25) is 0 Å². The Balaban J connectivity index is 2.05. The fourth-order valence-electron chi connectivity index (χ4n) is 3.44. The Labute approximate surface area is 127 Å². The fraction of sp³-hybridized carbons (Fsp3) is 0.375. The van der Waals surface area contributed by atoms with Gasteiger partial charge in [-0.3, -0.25) is 4.79 Å². The van der Waals surface area contributed by atoms with Gasteiger partial charge in [0, 0.05) is 18.2 Å². The van der Waals surface area contributed by atoms with Gasteiger partial charge in [-0.1, -0.05) is 0 Å². The molecule has 2 aliphatic rings. The maximum Gasteiger partial charge on any atom is 0.340 e. The number of hydrogen-bond acceptors (Lipinski definition) is 5. The topological polar surface area (TPSA) is 79.5 Å². The number of nitrogens with one attached hydrogen (secondary N) is 1. The number of hydrogen-bond donors (Lipinski definition) is 1. The molecule has 0 radical (unpaired) electrons. The van der Waals surface area contributed by atoms with Crippen LogP contribution in [0, 0.1) is 0 Å². The SMILES string of the molecule is CCOC(=O)c1c2n(c3cc(C=O)cc(OC)c13)C[C@@H]1N[C@H]21. The van der Waals surface area contributed by atoms with Crippen LogP contribution in [-0.4, -0.2) is 36.6 Å². The first-order chi connectivity index (χ1) is 10.7. The minimum absolute atomic E-state index is 0.191. The molecule has 114 valence electrons. The number of rotatable bonds is 4. The smallest absolute Gasteiger partial charge is 0.340 e. The molecular formula is C16H16N2O4. The van der Waals surface area contributed by atoms with E-state index in [1.54, 1.807) is 20.1 Å². The predicted octanol–water partition coefficient (Wildman–Crippen LogP) is 1.67. The highest BCUT2D eigenvalue weighted by atomic mass is 16.5. The molecule has 1 fully saturated rings. The molecule has 2 aromatic rings. The monoisotopic (exact) mass is 300 g/mol. The van der Waals surface area contributed by atoms with Crippen LogP contribution in [0.4, 0.5) is 0 Å². The minimum Gasteiger partial charge on any atom is -0.496 e. The zero-order valence-electron chi connectivity index (χ0n) is 12.4. The van der Waals surface area contributed by atoms with E-state index in [9.17, 15) is 9.59 Å². The van der Waals surface area contributed by atoms with Crippen LogP contribution in [0.3, 0.4) is 0 Å². The van der Waals surface area contributed by atoms with Gasteiger partial charge in [0.15, 0.2) is 0 Å². The summed E-state index contributed by atoms with van der Waals surface area (Å²) in [5.74, 6) is 0.189. The van der Waals surface area contributed by atoms with E-state index >= 15 is 0 Å². The highest BCUT2D eigenvalue weighted by Gasteiger charge is 2.49. The van der Waals surface area contributed by atoms with Crippen LogP contribution < -0.4 is 10.1 Å². The van der Waals surface area contributed by atoms with Crippen LogP contribution in [0.15, 0.2) is 12.1 Å². The predicted molar refractivity (Wildman–Crippen MR) is 79.5 cm³/mol. The van der Waals surface area contributed by atoms with E-state index in [-0.39, 0.29) is 12.0 Å². The summed E-state index contributed by atoms with van der Waals surface area (Å²) in [5, 5.41) is 4.08. The van der Waals surface area contributed by atoms with Crippen molar-refractivity contribution in [3.8, 4) is 5.75 Å². The molecule has 1 aromatic heterocycles. The van der Waals surface area contributed by atoms with Crippen molar-refractivity contribution in [3.63, 3.8) is 0 Å². The average molecular weight is 300 g/mol. The number of fused-ring (bicyclic) bond motifs is 5. The van der Waals surface area contributed by atoms with Crippen LogP contribution in [-0.2, 0) is 11.3 Å². The Morgan fingerprint density at radius 1 is 1.50 bits per heavy atom. The molecule has 4 rings (SSSR count). The van der Waals surface area contributed by atoms with Gasteiger partial charge in [0.1, 0.15) is 12.0 Å². The standard InChI is InChI=1S/C16H16N2O4/c1-3-22-16(20)13-12-10(4-8(7-19)5-11(12)21-2)18-6-9-14(17-9)15(13)18/h4-5,7,9,14,17H,3,6H2,1-2H3/t9-,14-/m0/s1. The zero-order valence-corrected chi connectivity index (χ0v) is 12.4. The molecule has 2 atom stereocenters. The van der Waals surface area contributed by atoms with Crippen molar-refractivity contribution in [1.29, 1.82) is 0 Å². The maximum atomic E-state index is 12.5. The normalized spacial score (nSPS) is 21.4. The summed E-state index contributed by atoms with van der Waals surface area (Å²) in [7, 11) is 1.54. The number of carbonyl (C=O) groups is 2. The van der Waals surface area contributed by atoms with Gasteiger partial charge in [-0.05, 0) is 19.1 Å². The van der Waals surface area contributed by atoms with Crippen molar-refractivity contribution < 1.29 is 19.1 Å². The molecule has 1 saturated heterocycles. The van der Waals surface area contributed by atoms with Crippen molar-refractivity contribution >= 4 is 23.2 Å². The molecule has 1 N–H and O–H groups in total. The lowest BCUT2D eigenvalue weighted by atomic mass is 10.1. The van der Waals surface area contributed by atoms with Crippen molar-refractivity contribution in [2.45, 2.75) is 25.6 Å². The molecule has 6 nitrogen and oxygen atoms in total. The van der Waals surface area contributed by atoms with Crippen molar-refractivity contribution in [1.82, 2.24) is 9.88 Å². The third-order valence-corrected chi connectivity index (χ3v) is 4.39. The van der Waals surface area contributed by atoms with Gasteiger partial charge in [0.05, 0.1) is 41.9 Å². The molecule has 6 heteroatoms. The summed E-state index contributed by atoms with van der Waals surface area (Å²) in [5.41, 5.74) is 2.89. The first-order valence-corrected chi connectivity index (χ1v) is 7.32. The Morgan fingerprint density at radius 2 is 2.32 bits per heavy atom. The van der Waals surface area contributed by atoms with Crippen LogP contribution >= 0.6 is 0 Å². The number of methoxy groups -OCH3 is 1. The van der Waals surface area contributed by atoms with E-state index in [4.69, 9.17) is 9.47 Å². The van der Waals surface area contributed by atoms with Crippen LogP contribution in [0.25, 0.3) is 10.9 Å². The second-order valence-electron chi connectivity index (χ2n) is 5.58. The Morgan fingerprint density at radius 3 is 3.00 bits per heavy atom. The second kappa shape index (κ2) is 4.58. The molecule has 0 saturated carbocycles. The Hall–Kier alpha value is -2.34. The number of benzene rings is 1. The Kier molecular flexibility index (Phi) is 2.77. The highest BCUT2D eigenvalue weighted by molar-refractivity contribution is 6.10. The average Bonchev–Trinajstić information content (AvgIpc) is 3.08. The molecular weight excluding hydrogens is 284 g/mol. The third-order valence-electron chi connectivity index (χ3n) is 4.39. The van der Waals surface area contributed by atoms with E-state index in [0.717, 1.165) is 29.4 Å². The lowest BCUT2D eigenvalue weighted by Gasteiger charge is -2.07. The molecule has 0 amide bonds. The summed E-state index contributed by atoms with van der Waals surface area (Å²) in [6, 6.07) is 4.03. The number of nitrogens with zero attached hydrogens (tertiary/aromatic N) is 1. The minimum atomic E-state index is -0.340. The third kappa shape index (κ3) is 1.64. The zero-order chi connectivity index (χ0) is 15.4. The number of esters is 1. The van der Waals surface area contributed by atoms with Crippen LogP contribution in [0.1, 0.15) is 39.4 Å². The van der Waals surface area contributed by atoms with Gasteiger partial charge < -0.3 is 19.4 Å². The number of aromatic nitrogens is 1. The van der Waals surface area contributed by atoms with Crippen LogP contribution in [0.5, 0.6) is 5.75 Å². The summed E-state index contributed by atoms with van der Waals surface area (Å²) in [6.07, 6.45) is 0.792. The summed E-state index contributed by atoms with van der Waals surface area (Å²) >= 11 is 0. The van der Waals surface area contributed by atoms with E-state index in [0.29, 0.717) is 29.5 Å². The number of ether oxygens (including phenoxy) is 2. The van der Waals surface area contributed by atoms with Gasteiger partial charge in [-0.2, -0.15) is 0 Å². The molecule has 2 aliphatic heterocycles. The van der Waals surface area contributed by atoms with Gasteiger partial charge in [-0.15, -0.1) is 0 Å². The van der Waals surface area contributed by atoms with E-state index in [1.165, 1.54) is 0 Å². The van der Waals surface area contributed by atoms with Gasteiger partial charge in [-0.25, -0.2) is 4.79 Å². The fourth-order valence-corrected chi connectivity index (χ4v) is 3.44. The van der Waals surface area contributed by atoms with Gasteiger partial charge >= 0.3 is 5.97 Å². The van der Waals surface area contributed by atoms with Crippen molar-refractivity contribution in [3.05, 3.63) is 29.0 Å². The Bertz CT molecular complexity index is 808. The summed E-state index contributed by atoms with van der Waals surface area (Å²) < 4.78 is 12.8. The quantitative estimate of drug-likeness (QED) is 0.528. The van der Waals surface area contributed by atoms with E-state index < -0.39 is 0 Å². The highest BCUT2D eigenvalue weighted by Crippen LogP contribution is 2.47. The first kappa shape index (κ1) is 13.3. The van der Waals surface area contributed by atoms with E-state index in [2.05, 4.69) is 9.88 Å². The maximum absolute atomic E-state index is 12.5. The molecule has 1 aromatic carbocycles. The lowest BCUT2D eigenvalue weighted by Crippen LogP contribution is -2.09.